The summed E-state index contributed by atoms with van der Waals surface area (Å²) in [6.45, 7) is 6.15. The second kappa shape index (κ2) is 8.13. The summed E-state index contributed by atoms with van der Waals surface area (Å²) in [5.41, 5.74) is 2.24. The fraction of sp³-hybridized carbons (Fsp3) is 0.429. The minimum atomic E-state index is -0.126. The Hall–Kier alpha value is -2.34. The van der Waals surface area contributed by atoms with Crippen LogP contribution in [0.5, 0.6) is 5.75 Å². The Morgan fingerprint density at radius 3 is 2.56 bits per heavy atom. The molecule has 1 atom stereocenters. The molecule has 0 saturated heterocycles. The summed E-state index contributed by atoms with van der Waals surface area (Å²) >= 11 is 1.74. The molecule has 0 saturated carbocycles. The molecule has 2 amide bonds. The van der Waals surface area contributed by atoms with Gasteiger partial charge in [-0.2, -0.15) is 0 Å². The molecule has 1 aliphatic rings. The Morgan fingerprint density at radius 1 is 1.26 bits per heavy atom. The van der Waals surface area contributed by atoms with Crippen molar-refractivity contribution in [3.63, 3.8) is 0 Å². The second-order valence-corrected chi connectivity index (χ2v) is 8.05. The van der Waals surface area contributed by atoms with E-state index in [2.05, 4.69) is 11.4 Å². The lowest BCUT2D eigenvalue weighted by atomic mass is 9.93. The molecule has 2 aromatic rings. The number of amides is 2. The zero-order chi connectivity index (χ0) is 19.6. The van der Waals surface area contributed by atoms with E-state index in [1.807, 2.05) is 43.0 Å². The summed E-state index contributed by atoms with van der Waals surface area (Å²) in [7, 11) is 1.64. The van der Waals surface area contributed by atoms with E-state index in [4.69, 9.17) is 4.74 Å². The van der Waals surface area contributed by atoms with Gasteiger partial charge in [0.1, 0.15) is 5.75 Å². The molecule has 2 heterocycles. The molecule has 3 rings (SSSR count). The molecular formula is C21H26N2O3S. The van der Waals surface area contributed by atoms with Crippen LogP contribution < -0.4 is 4.74 Å². The lowest BCUT2D eigenvalue weighted by molar-refractivity contribution is -0.142. The first-order valence-electron chi connectivity index (χ1n) is 9.19. The largest absolute Gasteiger partial charge is 0.497 e. The predicted octanol–water partition coefficient (Wildman–Crippen LogP) is 3.49. The van der Waals surface area contributed by atoms with Crippen molar-refractivity contribution in [3.05, 3.63) is 51.7 Å². The first-order chi connectivity index (χ1) is 12.9. The van der Waals surface area contributed by atoms with Gasteiger partial charge in [0, 0.05) is 24.4 Å². The molecule has 1 aromatic carbocycles. The lowest BCUT2D eigenvalue weighted by Gasteiger charge is -2.38. The summed E-state index contributed by atoms with van der Waals surface area (Å²) in [6.07, 6.45) is 0.854. The van der Waals surface area contributed by atoms with Crippen molar-refractivity contribution < 1.29 is 14.3 Å². The van der Waals surface area contributed by atoms with Crippen LogP contribution in [0.15, 0.2) is 35.7 Å². The highest BCUT2D eigenvalue weighted by atomic mass is 32.1. The summed E-state index contributed by atoms with van der Waals surface area (Å²) in [5.74, 6) is 0.699. The quantitative estimate of drug-likeness (QED) is 0.790. The number of nitrogens with zero attached hydrogens (tertiary/aromatic N) is 2. The van der Waals surface area contributed by atoms with Gasteiger partial charge in [0.25, 0.3) is 0 Å². The molecule has 6 heteroatoms. The maximum Gasteiger partial charge on any atom is 0.243 e. The van der Waals surface area contributed by atoms with E-state index in [0.29, 0.717) is 6.54 Å². The number of hydrogen-bond donors (Lipinski definition) is 0. The van der Waals surface area contributed by atoms with Crippen LogP contribution in [0.2, 0.25) is 0 Å². The van der Waals surface area contributed by atoms with Crippen molar-refractivity contribution in [2.75, 3.05) is 20.2 Å². The van der Waals surface area contributed by atoms with Gasteiger partial charge in [-0.25, -0.2) is 0 Å². The van der Waals surface area contributed by atoms with Gasteiger partial charge in [0.2, 0.25) is 11.8 Å². The van der Waals surface area contributed by atoms with Crippen LogP contribution >= 0.6 is 11.3 Å². The first kappa shape index (κ1) is 19.4. The van der Waals surface area contributed by atoms with E-state index in [-0.39, 0.29) is 30.4 Å². The zero-order valence-electron chi connectivity index (χ0n) is 16.3. The Kier molecular flexibility index (Phi) is 5.85. The highest BCUT2D eigenvalue weighted by Crippen LogP contribution is 2.38. The SMILES string of the molecule is COc1ccc([C@@H]2c3ccsc3CCN2C(=O)CN(C(C)=O)C(C)C)cc1. The number of fused-ring (bicyclic) bond motifs is 1. The van der Waals surface area contributed by atoms with E-state index < -0.39 is 0 Å². The van der Waals surface area contributed by atoms with Crippen LogP contribution in [0.25, 0.3) is 0 Å². The summed E-state index contributed by atoms with van der Waals surface area (Å²) in [4.78, 5) is 30.0. The molecule has 0 N–H and O–H groups in total. The highest BCUT2D eigenvalue weighted by molar-refractivity contribution is 7.10. The van der Waals surface area contributed by atoms with Crippen molar-refractivity contribution in [2.24, 2.45) is 0 Å². The third kappa shape index (κ3) is 4.00. The molecule has 5 nitrogen and oxygen atoms in total. The van der Waals surface area contributed by atoms with Crippen molar-refractivity contribution >= 4 is 23.2 Å². The second-order valence-electron chi connectivity index (χ2n) is 7.05. The van der Waals surface area contributed by atoms with Gasteiger partial charge in [-0.3, -0.25) is 9.59 Å². The van der Waals surface area contributed by atoms with Gasteiger partial charge in [0.05, 0.1) is 19.7 Å². The Morgan fingerprint density at radius 2 is 1.96 bits per heavy atom. The fourth-order valence-corrected chi connectivity index (χ4v) is 4.53. The summed E-state index contributed by atoms with van der Waals surface area (Å²) < 4.78 is 5.27. The van der Waals surface area contributed by atoms with Crippen LogP contribution in [-0.4, -0.2) is 47.9 Å². The molecular weight excluding hydrogens is 360 g/mol. The van der Waals surface area contributed by atoms with Crippen LogP contribution in [0.4, 0.5) is 0 Å². The van der Waals surface area contributed by atoms with Gasteiger partial charge in [-0.15, -0.1) is 11.3 Å². The minimum absolute atomic E-state index is 0.00705. The van der Waals surface area contributed by atoms with Gasteiger partial charge in [-0.1, -0.05) is 12.1 Å². The Bertz CT molecular complexity index is 813. The smallest absolute Gasteiger partial charge is 0.243 e. The molecule has 0 unspecified atom stereocenters. The van der Waals surface area contributed by atoms with Crippen LogP contribution in [0, 0.1) is 0 Å². The lowest BCUT2D eigenvalue weighted by Crippen LogP contribution is -2.48. The number of benzene rings is 1. The van der Waals surface area contributed by atoms with Crippen LogP contribution in [0.3, 0.4) is 0 Å². The number of carbonyl (C=O) groups excluding carboxylic acids is 2. The number of thiophene rings is 1. The summed E-state index contributed by atoms with van der Waals surface area (Å²) in [5, 5.41) is 2.09. The first-order valence-corrected chi connectivity index (χ1v) is 10.1. The number of hydrogen-bond acceptors (Lipinski definition) is 4. The standard InChI is InChI=1S/C21H26N2O3S/c1-14(2)23(15(3)24)13-20(25)22-11-9-19-18(10-12-27-19)21(22)16-5-7-17(26-4)8-6-16/h5-8,10,12,14,21H,9,11,13H2,1-4H3/t21-/m1/s1. The van der Waals surface area contributed by atoms with Crippen LogP contribution in [-0.2, 0) is 16.0 Å². The summed E-state index contributed by atoms with van der Waals surface area (Å²) in [6, 6.07) is 9.86. The average Bonchev–Trinajstić information content (AvgIpc) is 3.13. The maximum absolute atomic E-state index is 13.2. The average molecular weight is 387 g/mol. The number of rotatable bonds is 5. The van der Waals surface area contributed by atoms with Crippen molar-refractivity contribution in [2.45, 2.75) is 39.3 Å². The van der Waals surface area contributed by atoms with E-state index in [0.717, 1.165) is 17.7 Å². The topological polar surface area (TPSA) is 49.9 Å². The normalized spacial score (nSPS) is 16.2. The van der Waals surface area contributed by atoms with Crippen LogP contribution in [0.1, 0.15) is 42.8 Å². The Labute approximate surface area is 164 Å². The monoisotopic (exact) mass is 386 g/mol. The Balaban J connectivity index is 1.92. The van der Waals surface area contributed by atoms with E-state index in [9.17, 15) is 9.59 Å². The molecule has 0 spiro atoms. The van der Waals surface area contributed by atoms with Crippen molar-refractivity contribution in [1.29, 1.82) is 0 Å². The van der Waals surface area contributed by atoms with E-state index in [1.54, 1.807) is 23.3 Å². The molecule has 144 valence electrons. The van der Waals surface area contributed by atoms with Crippen molar-refractivity contribution in [1.82, 2.24) is 9.80 Å². The molecule has 0 bridgehead atoms. The van der Waals surface area contributed by atoms with Gasteiger partial charge in [0.15, 0.2) is 0 Å². The molecule has 0 radical (unpaired) electrons. The third-order valence-corrected chi connectivity index (χ3v) is 6.05. The number of methoxy groups -OCH3 is 1. The molecule has 27 heavy (non-hydrogen) atoms. The van der Waals surface area contributed by atoms with Gasteiger partial charge >= 0.3 is 0 Å². The molecule has 1 aromatic heterocycles. The minimum Gasteiger partial charge on any atom is -0.497 e. The van der Waals surface area contributed by atoms with E-state index in [1.165, 1.54) is 17.4 Å². The maximum atomic E-state index is 13.2. The van der Waals surface area contributed by atoms with Gasteiger partial charge < -0.3 is 14.5 Å². The fourth-order valence-electron chi connectivity index (χ4n) is 3.62. The number of carbonyl (C=O) groups is 2. The van der Waals surface area contributed by atoms with Crippen molar-refractivity contribution in [3.8, 4) is 5.75 Å². The third-order valence-electron chi connectivity index (χ3n) is 5.05. The highest BCUT2D eigenvalue weighted by Gasteiger charge is 2.34. The van der Waals surface area contributed by atoms with E-state index >= 15 is 0 Å². The molecule has 1 aliphatic heterocycles. The molecule has 0 fully saturated rings. The number of ether oxygens (including phenoxy) is 1. The molecule has 0 aliphatic carbocycles. The van der Waals surface area contributed by atoms with Gasteiger partial charge in [-0.05, 0) is 55.0 Å². The predicted molar refractivity (Wildman–Crippen MR) is 107 cm³/mol. The zero-order valence-corrected chi connectivity index (χ0v) is 17.1.